The van der Waals surface area contributed by atoms with E-state index in [-0.39, 0.29) is 11.4 Å². The molecule has 0 fully saturated rings. The van der Waals surface area contributed by atoms with Gasteiger partial charge in [-0.3, -0.25) is 4.79 Å². The van der Waals surface area contributed by atoms with Crippen LogP contribution >= 0.6 is 0 Å². The zero-order valence-electron chi connectivity index (χ0n) is 19.6. The molecule has 0 saturated heterocycles. The highest BCUT2D eigenvalue weighted by molar-refractivity contribution is 5.98. The fourth-order valence-corrected chi connectivity index (χ4v) is 5.00. The van der Waals surface area contributed by atoms with E-state index in [1.54, 1.807) is 6.21 Å². The highest BCUT2D eigenvalue weighted by Gasteiger charge is 2.35. The van der Waals surface area contributed by atoms with Crippen LogP contribution in [-0.4, -0.2) is 28.8 Å². The molecule has 1 N–H and O–H groups in total. The zero-order chi connectivity index (χ0) is 22.9. The first kappa shape index (κ1) is 21.9. The second-order valence-electron chi connectivity index (χ2n) is 9.24. The Morgan fingerprint density at radius 2 is 1.88 bits per heavy atom. The van der Waals surface area contributed by atoms with Gasteiger partial charge in [0, 0.05) is 30.2 Å². The number of aromatic nitrogens is 1. The highest BCUT2D eigenvalue weighted by atomic mass is 16.2. The quantitative estimate of drug-likeness (QED) is 0.421. The van der Waals surface area contributed by atoms with E-state index < -0.39 is 0 Å². The van der Waals surface area contributed by atoms with Gasteiger partial charge in [-0.2, -0.15) is 5.10 Å². The Morgan fingerprint density at radius 3 is 2.59 bits per heavy atom. The number of amides is 1. The Bertz CT molecular complexity index is 1140. The van der Waals surface area contributed by atoms with Crippen molar-refractivity contribution in [1.82, 2.24) is 9.99 Å². The Hall–Kier alpha value is -3.34. The first-order valence-corrected chi connectivity index (χ1v) is 11.3. The molecular weight excluding hydrogens is 396 g/mol. The summed E-state index contributed by atoms with van der Waals surface area (Å²) in [5.74, 6) is 0.243. The van der Waals surface area contributed by atoms with Gasteiger partial charge in [0.25, 0.3) is 5.91 Å². The van der Waals surface area contributed by atoms with Crippen molar-refractivity contribution < 1.29 is 4.79 Å². The summed E-state index contributed by atoms with van der Waals surface area (Å²) in [7, 11) is 0. The molecule has 0 saturated carbocycles. The average molecular weight is 429 g/mol. The van der Waals surface area contributed by atoms with Gasteiger partial charge in [-0.15, -0.1) is 0 Å². The molecule has 166 valence electrons. The molecule has 0 aliphatic carbocycles. The van der Waals surface area contributed by atoms with Gasteiger partial charge in [-0.25, -0.2) is 5.43 Å². The SMILES string of the molecule is CCN1c2cc(C)c(/C=N/NC(=O)c3ccccc3-n3cccc3)cc2C(C)CC1(C)C. The minimum atomic E-state index is -0.228. The maximum absolute atomic E-state index is 12.8. The van der Waals surface area contributed by atoms with Crippen LogP contribution in [0.1, 0.15) is 67.1 Å². The molecule has 1 unspecified atom stereocenters. The van der Waals surface area contributed by atoms with Crippen LogP contribution in [0.2, 0.25) is 0 Å². The van der Waals surface area contributed by atoms with Gasteiger partial charge < -0.3 is 9.47 Å². The van der Waals surface area contributed by atoms with Crippen LogP contribution in [0.3, 0.4) is 0 Å². The minimum absolute atomic E-state index is 0.143. The third kappa shape index (κ3) is 4.07. The Morgan fingerprint density at radius 1 is 1.16 bits per heavy atom. The summed E-state index contributed by atoms with van der Waals surface area (Å²) in [5, 5.41) is 4.30. The van der Waals surface area contributed by atoms with Gasteiger partial charge in [0.15, 0.2) is 0 Å². The summed E-state index contributed by atoms with van der Waals surface area (Å²) in [4.78, 5) is 15.3. The lowest BCUT2D eigenvalue weighted by Crippen LogP contribution is -2.48. The number of rotatable bonds is 5. The Kier molecular flexibility index (Phi) is 5.92. The molecule has 1 aliphatic heterocycles. The minimum Gasteiger partial charge on any atom is -0.366 e. The maximum atomic E-state index is 12.8. The number of para-hydroxylation sites is 1. The molecule has 1 atom stereocenters. The Labute approximate surface area is 190 Å². The van der Waals surface area contributed by atoms with Crippen LogP contribution in [0.15, 0.2) is 66.0 Å². The van der Waals surface area contributed by atoms with E-state index in [1.807, 2.05) is 53.4 Å². The summed E-state index contributed by atoms with van der Waals surface area (Å²) >= 11 is 0. The number of carbonyl (C=O) groups is 1. The maximum Gasteiger partial charge on any atom is 0.273 e. The van der Waals surface area contributed by atoms with E-state index in [0.717, 1.165) is 29.8 Å². The van der Waals surface area contributed by atoms with Crippen LogP contribution in [-0.2, 0) is 0 Å². The molecular formula is C27H32N4O. The second-order valence-corrected chi connectivity index (χ2v) is 9.24. The number of hydrazone groups is 1. The fourth-order valence-electron chi connectivity index (χ4n) is 5.00. The number of anilines is 1. The molecule has 4 rings (SSSR count). The van der Waals surface area contributed by atoms with Crippen molar-refractivity contribution in [3.63, 3.8) is 0 Å². The molecule has 3 aromatic rings. The first-order chi connectivity index (χ1) is 15.3. The van der Waals surface area contributed by atoms with E-state index in [2.05, 4.69) is 62.2 Å². The topological polar surface area (TPSA) is 49.6 Å². The summed E-state index contributed by atoms with van der Waals surface area (Å²) in [5.41, 5.74) is 9.11. The largest absolute Gasteiger partial charge is 0.366 e. The summed E-state index contributed by atoms with van der Waals surface area (Å²) in [6.07, 6.45) is 6.72. The predicted molar refractivity (Wildman–Crippen MR) is 132 cm³/mol. The number of carbonyl (C=O) groups excluding carboxylic acids is 1. The van der Waals surface area contributed by atoms with Gasteiger partial charge in [0.05, 0.1) is 17.5 Å². The molecule has 1 amide bonds. The lowest BCUT2D eigenvalue weighted by atomic mass is 9.79. The van der Waals surface area contributed by atoms with Gasteiger partial charge in [-0.05, 0) is 93.1 Å². The molecule has 0 spiro atoms. The standard InChI is InChI=1S/C27H32N4O/c1-6-31-25-15-19(2)21(16-23(25)20(3)17-27(31,4)5)18-28-29-26(32)22-11-7-8-12-24(22)30-13-9-10-14-30/h7-16,18,20H,6,17H2,1-5H3,(H,29,32)/b28-18+. The number of aryl methyl sites for hydroxylation is 1. The van der Waals surface area contributed by atoms with Gasteiger partial charge >= 0.3 is 0 Å². The van der Waals surface area contributed by atoms with Crippen molar-refractivity contribution in [1.29, 1.82) is 0 Å². The Balaban J connectivity index is 1.57. The van der Waals surface area contributed by atoms with Crippen molar-refractivity contribution in [3.8, 4) is 5.69 Å². The third-order valence-electron chi connectivity index (χ3n) is 6.49. The lowest BCUT2D eigenvalue weighted by molar-refractivity contribution is 0.0955. The number of benzene rings is 2. The average Bonchev–Trinajstić information content (AvgIpc) is 3.29. The highest BCUT2D eigenvalue weighted by Crippen LogP contribution is 2.43. The van der Waals surface area contributed by atoms with E-state index in [0.29, 0.717) is 11.5 Å². The molecule has 2 heterocycles. The summed E-state index contributed by atoms with van der Waals surface area (Å²) in [6, 6.07) is 15.9. The van der Waals surface area contributed by atoms with E-state index in [9.17, 15) is 4.79 Å². The van der Waals surface area contributed by atoms with Crippen molar-refractivity contribution in [2.45, 2.75) is 52.5 Å². The van der Waals surface area contributed by atoms with E-state index in [4.69, 9.17) is 0 Å². The first-order valence-electron chi connectivity index (χ1n) is 11.3. The number of hydrogen-bond acceptors (Lipinski definition) is 3. The fraction of sp³-hybridized carbons (Fsp3) is 0.333. The van der Waals surface area contributed by atoms with Gasteiger partial charge in [0.1, 0.15) is 0 Å². The van der Waals surface area contributed by atoms with Crippen molar-refractivity contribution >= 4 is 17.8 Å². The molecule has 0 radical (unpaired) electrons. The van der Waals surface area contributed by atoms with Crippen LogP contribution in [0.25, 0.3) is 5.69 Å². The molecule has 2 aromatic carbocycles. The second kappa shape index (κ2) is 8.65. The smallest absolute Gasteiger partial charge is 0.273 e. The summed E-state index contributed by atoms with van der Waals surface area (Å²) < 4.78 is 1.93. The number of nitrogens with zero attached hydrogens (tertiary/aromatic N) is 3. The van der Waals surface area contributed by atoms with Crippen LogP contribution in [0.5, 0.6) is 0 Å². The zero-order valence-corrected chi connectivity index (χ0v) is 19.6. The lowest BCUT2D eigenvalue weighted by Gasteiger charge is -2.47. The number of nitrogens with one attached hydrogen (secondary N) is 1. The van der Waals surface area contributed by atoms with Crippen LogP contribution in [0.4, 0.5) is 5.69 Å². The van der Waals surface area contributed by atoms with Crippen molar-refractivity contribution in [3.05, 3.63) is 83.2 Å². The molecule has 5 heteroatoms. The monoisotopic (exact) mass is 428 g/mol. The third-order valence-corrected chi connectivity index (χ3v) is 6.49. The normalized spacial score (nSPS) is 17.4. The van der Waals surface area contributed by atoms with E-state index in [1.165, 1.54) is 11.3 Å². The summed E-state index contributed by atoms with van der Waals surface area (Å²) in [6.45, 7) is 12.2. The molecule has 32 heavy (non-hydrogen) atoms. The molecule has 0 bridgehead atoms. The number of fused-ring (bicyclic) bond motifs is 1. The number of hydrogen-bond donors (Lipinski definition) is 1. The van der Waals surface area contributed by atoms with Crippen molar-refractivity contribution in [2.75, 3.05) is 11.4 Å². The molecule has 1 aromatic heterocycles. The van der Waals surface area contributed by atoms with Crippen LogP contribution in [0, 0.1) is 6.92 Å². The van der Waals surface area contributed by atoms with E-state index >= 15 is 0 Å². The molecule has 1 aliphatic rings. The van der Waals surface area contributed by atoms with Gasteiger partial charge in [0.2, 0.25) is 0 Å². The van der Waals surface area contributed by atoms with Crippen LogP contribution < -0.4 is 10.3 Å². The predicted octanol–water partition coefficient (Wildman–Crippen LogP) is 5.66. The van der Waals surface area contributed by atoms with Crippen molar-refractivity contribution in [2.24, 2.45) is 5.10 Å². The molecule has 5 nitrogen and oxygen atoms in total. The van der Waals surface area contributed by atoms with Gasteiger partial charge in [-0.1, -0.05) is 19.1 Å².